The van der Waals surface area contributed by atoms with Crippen LogP contribution < -0.4 is 11.3 Å². The monoisotopic (exact) mass is 133 g/mol. The van der Waals surface area contributed by atoms with Crippen LogP contribution in [0.3, 0.4) is 0 Å². The minimum Gasteiger partial charge on any atom is -0.271 e. The number of rotatable bonds is 4. The number of nitrogens with zero attached hydrogens (tertiary/aromatic N) is 1. The van der Waals surface area contributed by atoms with E-state index >= 15 is 0 Å². The molecule has 0 fully saturated rings. The summed E-state index contributed by atoms with van der Waals surface area (Å²) in [5, 5.41) is 9.94. The summed E-state index contributed by atoms with van der Waals surface area (Å²) in [6.45, 7) is 2.04. The molecule has 9 heavy (non-hydrogen) atoms. The molecule has 5 heteroatoms. The highest BCUT2D eigenvalue weighted by Gasteiger charge is 2.10. The second-order valence-corrected chi connectivity index (χ2v) is 1.88. The summed E-state index contributed by atoms with van der Waals surface area (Å²) < 4.78 is 0. The maximum atomic E-state index is 9.94. The second-order valence-electron chi connectivity index (χ2n) is 1.88. The molecule has 0 bridgehead atoms. The van der Waals surface area contributed by atoms with Crippen molar-refractivity contribution in [3.8, 4) is 0 Å². The second kappa shape index (κ2) is 4.22. The minimum atomic E-state index is -0.499. The summed E-state index contributed by atoms with van der Waals surface area (Å²) in [6, 6.07) is -0.499. The Labute approximate surface area is 53.3 Å². The topological polar surface area (TPSA) is 81.2 Å². The van der Waals surface area contributed by atoms with Gasteiger partial charge in [-0.3, -0.25) is 21.4 Å². The molecule has 0 aromatic rings. The molecule has 0 spiro atoms. The third-order valence-electron chi connectivity index (χ3n) is 1.07. The number of nitrogens with one attached hydrogen (secondary N) is 1. The lowest BCUT2D eigenvalue weighted by Crippen LogP contribution is -2.28. The fourth-order valence-corrected chi connectivity index (χ4v) is 0.398. The minimum absolute atomic E-state index is 0.322. The van der Waals surface area contributed by atoms with Gasteiger partial charge in [0, 0.05) is 24.8 Å². The molecule has 0 aliphatic heterocycles. The van der Waals surface area contributed by atoms with Crippen molar-refractivity contribution in [1.82, 2.24) is 5.43 Å². The molecule has 54 valence electrons. The molecule has 1 unspecified atom stereocenters. The van der Waals surface area contributed by atoms with E-state index in [1.807, 2.05) is 0 Å². The van der Waals surface area contributed by atoms with Gasteiger partial charge in [0.25, 0.3) is 0 Å². The molecule has 0 aliphatic rings. The van der Waals surface area contributed by atoms with E-state index in [0.29, 0.717) is 13.0 Å². The van der Waals surface area contributed by atoms with Gasteiger partial charge in [-0.1, -0.05) is 0 Å². The van der Waals surface area contributed by atoms with Gasteiger partial charge in [0.15, 0.2) is 0 Å². The van der Waals surface area contributed by atoms with E-state index in [1.165, 1.54) is 0 Å². The van der Waals surface area contributed by atoms with Crippen LogP contribution in [0.2, 0.25) is 0 Å². The van der Waals surface area contributed by atoms with Gasteiger partial charge < -0.3 is 0 Å². The Morgan fingerprint density at radius 3 is 2.78 bits per heavy atom. The maximum Gasteiger partial charge on any atom is 0.211 e. The molecule has 1 atom stereocenters. The molecule has 0 amide bonds. The molecule has 5 nitrogen and oxygen atoms in total. The van der Waals surface area contributed by atoms with Crippen molar-refractivity contribution in [2.75, 3.05) is 6.54 Å². The average Bonchev–Trinajstić information content (AvgIpc) is 1.82. The normalized spacial score (nSPS) is 13.1. The summed E-state index contributed by atoms with van der Waals surface area (Å²) in [5.74, 6) is 4.90. The number of hydrogen-bond acceptors (Lipinski definition) is 4. The van der Waals surface area contributed by atoms with Crippen LogP contribution in [0.15, 0.2) is 0 Å². The van der Waals surface area contributed by atoms with Crippen molar-refractivity contribution in [1.29, 1.82) is 0 Å². The van der Waals surface area contributed by atoms with E-state index in [2.05, 4.69) is 5.43 Å². The Kier molecular flexibility index (Phi) is 3.90. The lowest BCUT2D eigenvalue weighted by atomic mass is 10.2. The highest BCUT2D eigenvalue weighted by atomic mass is 16.6. The fraction of sp³-hybridized carbons (Fsp3) is 1.00. The quantitative estimate of drug-likeness (QED) is 0.308. The summed E-state index contributed by atoms with van der Waals surface area (Å²) >= 11 is 0. The van der Waals surface area contributed by atoms with Crippen molar-refractivity contribution >= 4 is 0 Å². The van der Waals surface area contributed by atoms with Crippen molar-refractivity contribution in [3.05, 3.63) is 10.1 Å². The number of nitro groups is 1. The predicted octanol–water partition coefficient (Wildman–Crippen LogP) is -0.495. The van der Waals surface area contributed by atoms with E-state index in [9.17, 15) is 10.1 Å². The molecule has 0 heterocycles. The van der Waals surface area contributed by atoms with E-state index in [1.54, 1.807) is 6.92 Å². The third kappa shape index (κ3) is 3.87. The SMILES string of the molecule is CC(CCNN)[N+](=O)[O-]. The van der Waals surface area contributed by atoms with Gasteiger partial charge in [0.05, 0.1) is 0 Å². The lowest BCUT2D eigenvalue weighted by Gasteiger charge is -2.00. The number of nitrogens with two attached hydrogens (primary N) is 1. The van der Waals surface area contributed by atoms with Gasteiger partial charge in [-0.05, 0) is 0 Å². The molecular formula is C4H11N3O2. The first-order chi connectivity index (χ1) is 4.18. The standard InChI is InChI=1S/C4H11N3O2/c1-4(7(8)9)2-3-6-5/h4,6H,2-3,5H2,1H3. The lowest BCUT2D eigenvalue weighted by molar-refractivity contribution is -0.518. The van der Waals surface area contributed by atoms with Crippen LogP contribution in [-0.4, -0.2) is 17.5 Å². The van der Waals surface area contributed by atoms with Gasteiger partial charge in [-0.2, -0.15) is 0 Å². The zero-order chi connectivity index (χ0) is 7.28. The highest BCUT2D eigenvalue weighted by Crippen LogP contribution is 1.91. The van der Waals surface area contributed by atoms with Crippen LogP contribution in [0, 0.1) is 10.1 Å². The largest absolute Gasteiger partial charge is 0.271 e. The molecule has 0 rings (SSSR count). The first kappa shape index (κ1) is 8.32. The van der Waals surface area contributed by atoms with E-state index in [-0.39, 0.29) is 4.92 Å². The van der Waals surface area contributed by atoms with Gasteiger partial charge in [-0.25, -0.2) is 0 Å². The number of hydrogen-bond donors (Lipinski definition) is 2. The first-order valence-corrected chi connectivity index (χ1v) is 2.75. The van der Waals surface area contributed by atoms with Gasteiger partial charge in [0.1, 0.15) is 0 Å². The summed E-state index contributed by atoms with van der Waals surface area (Å²) in [4.78, 5) is 9.62. The number of hydrazine groups is 1. The van der Waals surface area contributed by atoms with Crippen molar-refractivity contribution < 1.29 is 4.92 Å². The Balaban J connectivity index is 3.27. The van der Waals surface area contributed by atoms with Gasteiger partial charge in [-0.15, -0.1) is 0 Å². The van der Waals surface area contributed by atoms with Crippen LogP contribution in [-0.2, 0) is 0 Å². The predicted molar refractivity (Wildman–Crippen MR) is 33.3 cm³/mol. The Morgan fingerprint density at radius 1 is 1.89 bits per heavy atom. The van der Waals surface area contributed by atoms with E-state index in [4.69, 9.17) is 5.84 Å². The highest BCUT2D eigenvalue weighted by molar-refractivity contribution is 4.48. The smallest absolute Gasteiger partial charge is 0.211 e. The zero-order valence-electron chi connectivity index (χ0n) is 5.33. The van der Waals surface area contributed by atoms with Crippen LogP contribution in [0.4, 0.5) is 0 Å². The summed E-state index contributed by atoms with van der Waals surface area (Å²) in [5.41, 5.74) is 2.35. The van der Waals surface area contributed by atoms with Crippen molar-refractivity contribution in [2.24, 2.45) is 5.84 Å². The van der Waals surface area contributed by atoms with Crippen LogP contribution >= 0.6 is 0 Å². The third-order valence-corrected chi connectivity index (χ3v) is 1.07. The summed E-state index contributed by atoms with van der Waals surface area (Å²) in [7, 11) is 0. The molecule has 0 aliphatic carbocycles. The maximum absolute atomic E-state index is 9.94. The zero-order valence-corrected chi connectivity index (χ0v) is 5.33. The van der Waals surface area contributed by atoms with Crippen LogP contribution in [0.1, 0.15) is 13.3 Å². The van der Waals surface area contributed by atoms with Crippen molar-refractivity contribution in [2.45, 2.75) is 19.4 Å². The Hall–Kier alpha value is -0.680. The fourth-order valence-electron chi connectivity index (χ4n) is 0.398. The van der Waals surface area contributed by atoms with Gasteiger partial charge in [0.2, 0.25) is 6.04 Å². The van der Waals surface area contributed by atoms with E-state index < -0.39 is 6.04 Å². The van der Waals surface area contributed by atoms with Crippen molar-refractivity contribution in [3.63, 3.8) is 0 Å². The van der Waals surface area contributed by atoms with Gasteiger partial charge >= 0.3 is 0 Å². The molecular weight excluding hydrogens is 122 g/mol. The molecule has 3 N–H and O–H groups in total. The van der Waals surface area contributed by atoms with Crippen LogP contribution in [0.25, 0.3) is 0 Å². The molecule has 0 saturated heterocycles. The molecule has 0 aromatic carbocycles. The average molecular weight is 133 g/mol. The molecule has 0 saturated carbocycles. The van der Waals surface area contributed by atoms with E-state index in [0.717, 1.165) is 0 Å². The molecule has 0 radical (unpaired) electrons. The Bertz CT molecular complexity index is 95.8. The Morgan fingerprint density at radius 2 is 2.44 bits per heavy atom. The van der Waals surface area contributed by atoms with Crippen LogP contribution in [0.5, 0.6) is 0 Å². The first-order valence-electron chi connectivity index (χ1n) is 2.75. The summed E-state index contributed by atoms with van der Waals surface area (Å²) in [6.07, 6.45) is 0.476. The molecule has 0 aromatic heterocycles.